The number of carbonyl (C=O) groups excluding carboxylic acids is 1. The number of carboxylic acid groups (broad SMARTS) is 1. The van der Waals surface area contributed by atoms with Crippen LogP contribution in [0.5, 0.6) is 0 Å². The lowest BCUT2D eigenvalue weighted by Crippen LogP contribution is -2.44. The number of amides is 1. The quantitative estimate of drug-likeness (QED) is 0.535. The first-order valence-corrected chi connectivity index (χ1v) is 5.88. The van der Waals surface area contributed by atoms with Crippen molar-refractivity contribution in [1.29, 1.82) is 0 Å². The summed E-state index contributed by atoms with van der Waals surface area (Å²) < 4.78 is 0. The van der Waals surface area contributed by atoms with E-state index in [-0.39, 0.29) is 6.61 Å². The molecule has 0 spiro atoms. The van der Waals surface area contributed by atoms with Gasteiger partial charge in [0.15, 0.2) is 0 Å². The van der Waals surface area contributed by atoms with Crippen LogP contribution in [0.3, 0.4) is 0 Å². The maximum atomic E-state index is 11.5. The Morgan fingerprint density at radius 2 is 1.84 bits per heavy atom. The standard InChI is InChI=1S/C13H17NO5/c15-8-10(6-9-4-2-1-3-5-9)14-13(19)11(16)7-12(17)18/h1-5,10-11,15-16H,6-8H2,(H,14,19)(H,17,18)/t10-,11+/m1/s1. The van der Waals surface area contributed by atoms with Gasteiger partial charge < -0.3 is 20.6 Å². The predicted octanol–water partition coefficient (Wildman–Crippen LogP) is -0.458. The summed E-state index contributed by atoms with van der Waals surface area (Å²) in [5.41, 5.74) is 0.926. The van der Waals surface area contributed by atoms with Gasteiger partial charge in [0.25, 0.3) is 0 Å². The molecule has 19 heavy (non-hydrogen) atoms. The Bertz CT molecular complexity index is 420. The molecular weight excluding hydrogens is 250 g/mol. The molecule has 0 heterocycles. The molecule has 4 N–H and O–H groups in total. The lowest BCUT2D eigenvalue weighted by atomic mass is 10.1. The van der Waals surface area contributed by atoms with Gasteiger partial charge >= 0.3 is 5.97 Å². The van der Waals surface area contributed by atoms with Crippen molar-refractivity contribution in [2.45, 2.75) is 25.0 Å². The van der Waals surface area contributed by atoms with Gasteiger partial charge in [-0.2, -0.15) is 0 Å². The van der Waals surface area contributed by atoms with E-state index in [9.17, 15) is 19.8 Å². The molecule has 0 unspecified atom stereocenters. The number of nitrogens with one attached hydrogen (secondary N) is 1. The topological polar surface area (TPSA) is 107 Å². The number of hydrogen-bond acceptors (Lipinski definition) is 4. The van der Waals surface area contributed by atoms with Gasteiger partial charge in [0, 0.05) is 0 Å². The number of hydrogen-bond donors (Lipinski definition) is 4. The average molecular weight is 267 g/mol. The number of carbonyl (C=O) groups is 2. The largest absolute Gasteiger partial charge is 0.481 e. The molecule has 6 nitrogen and oxygen atoms in total. The molecule has 0 bridgehead atoms. The van der Waals surface area contributed by atoms with Crippen LogP contribution in [0.4, 0.5) is 0 Å². The zero-order chi connectivity index (χ0) is 14.3. The van der Waals surface area contributed by atoms with Crippen molar-refractivity contribution >= 4 is 11.9 Å². The van der Waals surface area contributed by atoms with Crippen LogP contribution in [-0.4, -0.2) is 45.9 Å². The van der Waals surface area contributed by atoms with E-state index in [0.717, 1.165) is 5.56 Å². The summed E-state index contributed by atoms with van der Waals surface area (Å²) in [5.74, 6) is -2.05. The van der Waals surface area contributed by atoms with Gasteiger partial charge in [0.2, 0.25) is 5.91 Å². The number of aliphatic carboxylic acids is 1. The molecule has 1 aromatic carbocycles. The zero-order valence-electron chi connectivity index (χ0n) is 10.3. The molecular formula is C13H17NO5. The fraction of sp³-hybridized carbons (Fsp3) is 0.385. The monoisotopic (exact) mass is 267 g/mol. The first-order valence-electron chi connectivity index (χ1n) is 5.88. The Morgan fingerprint density at radius 3 is 2.37 bits per heavy atom. The molecule has 1 aromatic rings. The highest BCUT2D eigenvalue weighted by atomic mass is 16.4. The summed E-state index contributed by atoms with van der Waals surface area (Å²) in [6.07, 6.45) is -1.86. The van der Waals surface area contributed by atoms with Crippen LogP contribution in [0.2, 0.25) is 0 Å². The third-order valence-electron chi connectivity index (χ3n) is 2.56. The van der Waals surface area contributed by atoms with Crippen molar-refractivity contribution in [1.82, 2.24) is 5.32 Å². The van der Waals surface area contributed by atoms with Gasteiger partial charge in [-0.1, -0.05) is 30.3 Å². The summed E-state index contributed by atoms with van der Waals surface area (Å²) in [6, 6.07) is 8.67. The van der Waals surface area contributed by atoms with Gasteiger partial charge in [-0.25, -0.2) is 0 Å². The summed E-state index contributed by atoms with van der Waals surface area (Å²) in [4.78, 5) is 21.9. The molecule has 0 saturated heterocycles. The Morgan fingerprint density at radius 1 is 1.21 bits per heavy atom. The van der Waals surface area contributed by atoms with Crippen LogP contribution >= 0.6 is 0 Å². The maximum absolute atomic E-state index is 11.5. The first-order chi connectivity index (χ1) is 9.02. The normalized spacial score (nSPS) is 13.6. The van der Waals surface area contributed by atoms with Gasteiger partial charge in [0.05, 0.1) is 19.1 Å². The second-order valence-corrected chi connectivity index (χ2v) is 4.19. The molecule has 104 valence electrons. The van der Waals surface area contributed by atoms with E-state index in [1.807, 2.05) is 30.3 Å². The van der Waals surface area contributed by atoms with Crippen molar-refractivity contribution in [2.24, 2.45) is 0 Å². The fourth-order valence-electron chi connectivity index (χ4n) is 1.62. The van der Waals surface area contributed by atoms with Gasteiger partial charge in [-0.15, -0.1) is 0 Å². The molecule has 1 amide bonds. The molecule has 0 aromatic heterocycles. The van der Waals surface area contributed by atoms with Crippen molar-refractivity contribution in [3.63, 3.8) is 0 Å². The minimum absolute atomic E-state index is 0.291. The molecule has 0 aliphatic heterocycles. The van der Waals surface area contributed by atoms with E-state index >= 15 is 0 Å². The SMILES string of the molecule is O=C(O)C[C@H](O)C(=O)N[C@@H](CO)Cc1ccccc1. The van der Waals surface area contributed by atoms with E-state index in [1.54, 1.807) is 0 Å². The minimum atomic E-state index is -1.61. The predicted molar refractivity (Wildman–Crippen MR) is 67.4 cm³/mol. The second kappa shape index (κ2) is 7.50. The fourth-order valence-corrected chi connectivity index (χ4v) is 1.62. The van der Waals surface area contributed by atoms with Gasteiger partial charge in [-0.3, -0.25) is 9.59 Å². The number of aliphatic hydroxyl groups excluding tert-OH is 2. The maximum Gasteiger partial charge on any atom is 0.306 e. The summed E-state index contributed by atoms with van der Waals surface area (Å²) in [6.45, 7) is -0.291. The van der Waals surface area contributed by atoms with Gasteiger partial charge in [-0.05, 0) is 12.0 Å². The van der Waals surface area contributed by atoms with E-state index in [2.05, 4.69) is 5.32 Å². The first kappa shape index (κ1) is 15.1. The molecule has 1 rings (SSSR count). The highest BCUT2D eigenvalue weighted by Gasteiger charge is 2.21. The summed E-state index contributed by atoms with van der Waals surface area (Å²) in [5, 5.41) is 29.4. The van der Waals surface area contributed by atoms with Crippen molar-refractivity contribution in [3.8, 4) is 0 Å². The second-order valence-electron chi connectivity index (χ2n) is 4.19. The van der Waals surface area contributed by atoms with Crippen LogP contribution in [0.1, 0.15) is 12.0 Å². The van der Waals surface area contributed by atoms with E-state index in [4.69, 9.17) is 5.11 Å². The van der Waals surface area contributed by atoms with E-state index < -0.39 is 30.4 Å². The lowest BCUT2D eigenvalue weighted by molar-refractivity contribution is -0.144. The Hall–Kier alpha value is -1.92. The van der Waals surface area contributed by atoms with Crippen molar-refractivity contribution in [3.05, 3.63) is 35.9 Å². The third kappa shape index (κ3) is 5.50. The highest BCUT2D eigenvalue weighted by Crippen LogP contribution is 2.03. The van der Waals surface area contributed by atoms with Crippen LogP contribution in [0.25, 0.3) is 0 Å². The lowest BCUT2D eigenvalue weighted by Gasteiger charge is -2.18. The average Bonchev–Trinajstić information content (AvgIpc) is 2.38. The minimum Gasteiger partial charge on any atom is -0.481 e. The molecule has 0 saturated carbocycles. The van der Waals surface area contributed by atoms with Gasteiger partial charge in [0.1, 0.15) is 6.10 Å². The molecule has 2 atom stereocenters. The molecule has 0 aliphatic rings. The van der Waals surface area contributed by atoms with E-state index in [1.165, 1.54) is 0 Å². The Labute approximate surface area is 110 Å². The molecule has 6 heteroatoms. The smallest absolute Gasteiger partial charge is 0.306 e. The highest BCUT2D eigenvalue weighted by molar-refractivity contribution is 5.85. The summed E-state index contributed by atoms with van der Waals surface area (Å²) >= 11 is 0. The van der Waals surface area contributed by atoms with Crippen molar-refractivity contribution < 1.29 is 24.9 Å². The number of benzene rings is 1. The Kier molecular flexibility index (Phi) is 5.98. The zero-order valence-corrected chi connectivity index (χ0v) is 10.3. The molecule has 0 fully saturated rings. The van der Waals surface area contributed by atoms with Crippen LogP contribution in [0, 0.1) is 0 Å². The van der Waals surface area contributed by atoms with Crippen LogP contribution in [0.15, 0.2) is 30.3 Å². The molecule has 0 aliphatic carbocycles. The van der Waals surface area contributed by atoms with E-state index in [0.29, 0.717) is 6.42 Å². The number of carboxylic acids is 1. The molecule has 0 radical (unpaired) electrons. The summed E-state index contributed by atoms with van der Waals surface area (Å²) in [7, 11) is 0. The third-order valence-corrected chi connectivity index (χ3v) is 2.56. The Balaban J connectivity index is 2.52. The van der Waals surface area contributed by atoms with Crippen LogP contribution < -0.4 is 5.32 Å². The number of rotatable bonds is 7. The van der Waals surface area contributed by atoms with Crippen molar-refractivity contribution in [2.75, 3.05) is 6.61 Å². The number of aliphatic hydroxyl groups is 2. The van der Waals surface area contributed by atoms with Crippen LogP contribution in [-0.2, 0) is 16.0 Å².